The van der Waals surface area contributed by atoms with Gasteiger partial charge in [0.1, 0.15) is 6.29 Å². The Bertz CT molecular complexity index is 297. The Hall–Kier alpha value is -0.860. The fourth-order valence-electron chi connectivity index (χ4n) is 1.20. The second-order valence-electron chi connectivity index (χ2n) is 2.78. The number of aldehydes is 1. The zero-order chi connectivity index (χ0) is 9.68. The number of aliphatic hydroxyl groups excluding tert-OH is 1. The fraction of sp³-hybridized carbons (Fsp3) is 0.300. The summed E-state index contributed by atoms with van der Waals surface area (Å²) < 4.78 is 0. The van der Waals surface area contributed by atoms with Crippen molar-refractivity contribution in [3.05, 3.63) is 34.3 Å². The van der Waals surface area contributed by atoms with E-state index in [9.17, 15) is 4.79 Å². The minimum Gasteiger partial charge on any atom is -0.392 e. The number of halogens is 1. The van der Waals surface area contributed by atoms with Gasteiger partial charge in [-0.3, -0.25) is 0 Å². The lowest BCUT2D eigenvalue weighted by Crippen LogP contribution is -1.94. The van der Waals surface area contributed by atoms with E-state index in [2.05, 4.69) is 0 Å². The van der Waals surface area contributed by atoms with Gasteiger partial charge >= 0.3 is 0 Å². The lowest BCUT2D eigenvalue weighted by Gasteiger charge is -2.05. The van der Waals surface area contributed by atoms with Gasteiger partial charge in [0.05, 0.1) is 6.61 Å². The molecule has 70 valence electrons. The maximum atomic E-state index is 10.2. The fourth-order valence-corrected chi connectivity index (χ4v) is 1.39. The zero-order valence-corrected chi connectivity index (χ0v) is 7.92. The molecule has 1 aromatic rings. The Morgan fingerprint density at radius 3 is 2.77 bits per heavy atom. The maximum absolute atomic E-state index is 10.2. The third-order valence-corrected chi connectivity index (χ3v) is 2.11. The summed E-state index contributed by atoms with van der Waals surface area (Å²) in [6.45, 7) is -0.0330. The van der Waals surface area contributed by atoms with Crippen LogP contribution in [-0.4, -0.2) is 11.4 Å². The van der Waals surface area contributed by atoms with Crippen molar-refractivity contribution in [1.29, 1.82) is 0 Å². The maximum Gasteiger partial charge on any atom is 0.120 e. The Morgan fingerprint density at radius 1 is 1.38 bits per heavy atom. The van der Waals surface area contributed by atoms with Crippen LogP contribution < -0.4 is 0 Å². The molecule has 0 saturated heterocycles. The molecule has 2 nitrogen and oxygen atoms in total. The number of hydrogen-bond donors (Lipinski definition) is 1. The highest BCUT2D eigenvalue weighted by Crippen LogP contribution is 2.17. The van der Waals surface area contributed by atoms with Crippen LogP contribution in [-0.2, 0) is 17.8 Å². The van der Waals surface area contributed by atoms with Gasteiger partial charge in [-0.25, -0.2) is 0 Å². The molecule has 0 atom stereocenters. The summed E-state index contributed by atoms with van der Waals surface area (Å²) in [4.78, 5) is 10.2. The van der Waals surface area contributed by atoms with E-state index in [1.807, 2.05) is 6.07 Å². The van der Waals surface area contributed by atoms with Gasteiger partial charge in [-0.2, -0.15) is 0 Å². The van der Waals surface area contributed by atoms with E-state index in [0.29, 0.717) is 17.9 Å². The quantitative estimate of drug-likeness (QED) is 0.752. The molecule has 13 heavy (non-hydrogen) atoms. The molecule has 1 rings (SSSR count). The van der Waals surface area contributed by atoms with Crippen LogP contribution in [0.4, 0.5) is 0 Å². The molecule has 0 aromatic heterocycles. The molecule has 0 fully saturated rings. The van der Waals surface area contributed by atoms with Gasteiger partial charge < -0.3 is 9.90 Å². The number of rotatable bonds is 4. The molecular formula is C10H11ClO2. The largest absolute Gasteiger partial charge is 0.392 e. The molecule has 0 unspecified atom stereocenters. The first kappa shape index (κ1) is 10.2. The number of aliphatic hydroxyl groups is 1. The summed E-state index contributed by atoms with van der Waals surface area (Å²) in [5.74, 6) is 0. The van der Waals surface area contributed by atoms with Crippen LogP contribution in [0, 0.1) is 0 Å². The number of aryl methyl sites for hydroxylation is 1. The van der Waals surface area contributed by atoms with Gasteiger partial charge in [-0.1, -0.05) is 17.7 Å². The average Bonchev–Trinajstić information content (AvgIpc) is 2.16. The molecule has 0 aliphatic carbocycles. The summed E-state index contributed by atoms with van der Waals surface area (Å²) in [5, 5.41) is 9.61. The highest BCUT2D eigenvalue weighted by molar-refractivity contribution is 6.30. The molecule has 0 radical (unpaired) electrons. The second-order valence-corrected chi connectivity index (χ2v) is 3.21. The lowest BCUT2D eigenvalue weighted by molar-refractivity contribution is -0.107. The van der Waals surface area contributed by atoms with E-state index in [4.69, 9.17) is 16.7 Å². The Morgan fingerprint density at radius 2 is 2.15 bits per heavy atom. The highest BCUT2D eigenvalue weighted by Gasteiger charge is 2.01. The summed E-state index contributed by atoms with van der Waals surface area (Å²) in [7, 11) is 0. The Kier molecular flexibility index (Phi) is 3.93. The minimum atomic E-state index is -0.0330. The van der Waals surface area contributed by atoms with Crippen LogP contribution in [0.5, 0.6) is 0 Å². The lowest BCUT2D eigenvalue weighted by atomic mass is 10.0. The van der Waals surface area contributed by atoms with Crippen molar-refractivity contribution in [2.45, 2.75) is 19.4 Å². The molecular weight excluding hydrogens is 188 g/mol. The summed E-state index contributed by atoms with van der Waals surface area (Å²) in [6, 6.07) is 5.33. The van der Waals surface area contributed by atoms with Crippen LogP contribution in [0.15, 0.2) is 18.2 Å². The van der Waals surface area contributed by atoms with Crippen molar-refractivity contribution in [2.75, 3.05) is 0 Å². The van der Waals surface area contributed by atoms with Gasteiger partial charge in [0.25, 0.3) is 0 Å². The van der Waals surface area contributed by atoms with Gasteiger partial charge in [-0.05, 0) is 29.7 Å². The molecule has 0 bridgehead atoms. The van der Waals surface area contributed by atoms with Crippen LogP contribution in [0.1, 0.15) is 17.5 Å². The first-order chi connectivity index (χ1) is 6.27. The van der Waals surface area contributed by atoms with Gasteiger partial charge in [0.2, 0.25) is 0 Å². The first-order valence-electron chi connectivity index (χ1n) is 4.09. The average molecular weight is 199 g/mol. The Balaban J connectivity index is 2.85. The molecule has 1 aromatic carbocycles. The van der Waals surface area contributed by atoms with E-state index in [1.54, 1.807) is 12.1 Å². The zero-order valence-electron chi connectivity index (χ0n) is 7.16. The number of benzene rings is 1. The van der Waals surface area contributed by atoms with E-state index in [-0.39, 0.29) is 6.61 Å². The third-order valence-electron chi connectivity index (χ3n) is 1.87. The predicted molar refractivity (Wildman–Crippen MR) is 51.8 cm³/mol. The molecule has 0 amide bonds. The standard InChI is InChI=1S/C10H11ClO2/c11-10-4-3-8(2-1-5-12)9(6-10)7-13/h3-6,13H,1-2,7H2. The predicted octanol–water partition coefficient (Wildman–Crippen LogP) is 1.96. The van der Waals surface area contributed by atoms with Crippen LogP contribution in [0.25, 0.3) is 0 Å². The van der Waals surface area contributed by atoms with Crippen molar-refractivity contribution in [3.63, 3.8) is 0 Å². The van der Waals surface area contributed by atoms with Crippen molar-refractivity contribution in [2.24, 2.45) is 0 Å². The monoisotopic (exact) mass is 198 g/mol. The molecule has 0 aliphatic heterocycles. The number of hydrogen-bond acceptors (Lipinski definition) is 2. The molecule has 0 spiro atoms. The Labute approximate surface area is 82.2 Å². The topological polar surface area (TPSA) is 37.3 Å². The van der Waals surface area contributed by atoms with E-state index in [1.165, 1.54) is 0 Å². The normalized spacial score (nSPS) is 10.0. The van der Waals surface area contributed by atoms with Crippen LogP contribution >= 0.6 is 11.6 Å². The van der Waals surface area contributed by atoms with E-state index >= 15 is 0 Å². The third kappa shape index (κ3) is 2.83. The molecule has 0 heterocycles. The van der Waals surface area contributed by atoms with Crippen molar-refractivity contribution in [1.82, 2.24) is 0 Å². The molecule has 1 N–H and O–H groups in total. The number of carbonyl (C=O) groups excluding carboxylic acids is 1. The van der Waals surface area contributed by atoms with E-state index in [0.717, 1.165) is 17.4 Å². The van der Waals surface area contributed by atoms with Crippen molar-refractivity contribution >= 4 is 17.9 Å². The first-order valence-corrected chi connectivity index (χ1v) is 4.47. The molecule has 3 heteroatoms. The SMILES string of the molecule is O=CCCc1ccc(Cl)cc1CO. The van der Waals surface area contributed by atoms with Gasteiger partial charge in [0.15, 0.2) is 0 Å². The number of carbonyl (C=O) groups is 1. The highest BCUT2D eigenvalue weighted by atomic mass is 35.5. The van der Waals surface area contributed by atoms with Crippen molar-refractivity contribution in [3.8, 4) is 0 Å². The second kappa shape index (κ2) is 5.00. The summed E-state index contributed by atoms with van der Waals surface area (Å²) >= 11 is 5.75. The van der Waals surface area contributed by atoms with Crippen LogP contribution in [0.2, 0.25) is 5.02 Å². The molecule has 0 saturated carbocycles. The smallest absolute Gasteiger partial charge is 0.120 e. The van der Waals surface area contributed by atoms with E-state index < -0.39 is 0 Å². The minimum absolute atomic E-state index is 0.0330. The summed E-state index contributed by atoms with van der Waals surface area (Å²) in [5.41, 5.74) is 1.79. The van der Waals surface area contributed by atoms with Crippen molar-refractivity contribution < 1.29 is 9.90 Å². The van der Waals surface area contributed by atoms with Gasteiger partial charge in [0, 0.05) is 11.4 Å². The van der Waals surface area contributed by atoms with Gasteiger partial charge in [-0.15, -0.1) is 0 Å². The van der Waals surface area contributed by atoms with Crippen LogP contribution in [0.3, 0.4) is 0 Å². The molecule has 0 aliphatic rings. The summed E-state index contributed by atoms with van der Waals surface area (Å²) in [6.07, 6.45) is 2.01.